The molecule has 0 rings (SSSR count). The van der Waals surface area contributed by atoms with Gasteiger partial charge in [-0.2, -0.15) is 0 Å². The SMILES string of the molecule is CCNCC(O)CF. The van der Waals surface area contributed by atoms with Crippen LogP contribution < -0.4 is 5.32 Å². The van der Waals surface area contributed by atoms with E-state index in [2.05, 4.69) is 5.32 Å². The zero-order chi connectivity index (χ0) is 6.41. The van der Waals surface area contributed by atoms with Gasteiger partial charge in [0.15, 0.2) is 0 Å². The predicted octanol–water partition coefficient (Wildman–Crippen LogP) is -0.0737. The van der Waals surface area contributed by atoms with Crippen LogP contribution in [0.5, 0.6) is 0 Å². The lowest BCUT2D eigenvalue weighted by molar-refractivity contribution is 0.138. The molecule has 0 spiro atoms. The normalized spacial score (nSPS) is 13.9. The maximum absolute atomic E-state index is 11.4. The molecule has 0 aliphatic carbocycles. The predicted molar refractivity (Wildman–Crippen MR) is 30.5 cm³/mol. The van der Waals surface area contributed by atoms with Gasteiger partial charge < -0.3 is 10.4 Å². The van der Waals surface area contributed by atoms with Crippen molar-refractivity contribution >= 4 is 0 Å². The van der Waals surface area contributed by atoms with Crippen molar-refractivity contribution in [1.29, 1.82) is 0 Å². The third kappa shape index (κ3) is 4.02. The van der Waals surface area contributed by atoms with Crippen LogP contribution in [0.1, 0.15) is 6.92 Å². The van der Waals surface area contributed by atoms with Crippen molar-refractivity contribution in [2.75, 3.05) is 19.8 Å². The van der Waals surface area contributed by atoms with Crippen LogP contribution in [0.15, 0.2) is 0 Å². The van der Waals surface area contributed by atoms with Crippen LogP contribution in [-0.4, -0.2) is 31.0 Å². The van der Waals surface area contributed by atoms with Gasteiger partial charge in [0.05, 0.1) is 6.10 Å². The maximum Gasteiger partial charge on any atom is 0.117 e. The largest absolute Gasteiger partial charge is 0.389 e. The Morgan fingerprint density at radius 1 is 1.75 bits per heavy atom. The monoisotopic (exact) mass is 121 g/mol. The number of hydrogen-bond donors (Lipinski definition) is 2. The fourth-order valence-electron chi connectivity index (χ4n) is 0.366. The Kier molecular flexibility index (Phi) is 4.90. The van der Waals surface area contributed by atoms with E-state index in [1.807, 2.05) is 6.92 Å². The molecule has 0 heterocycles. The van der Waals surface area contributed by atoms with Gasteiger partial charge in [-0.3, -0.25) is 0 Å². The Hall–Kier alpha value is -0.150. The number of aliphatic hydroxyl groups excluding tert-OH is 1. The minimum atomic E-state index is -0.824. The number of halogens is 1. The molecule has 2 nitrogen and oxygen atoms in total. The van der Waals surface area contributed by atoms with Crippen LogP contribution in [0.2, 0.25) is 0 Å². The lowest BCUT2D eigenvalue weighted by atomic mass is 10.4. The lowest BCUT2D eigenvalue weighted by Crippen LogP contribution is -2.27. The van der Waals surface area contributed by atoms with Gasteiger partial charge in [0.1, 0.15) is 6.67 Å². The number of aliphatic hydroxyl groups is 1. The number of alkyl halides is 1. The van der Waals surface area contributed by atoms with E-state index in [-0.39, 0.29) is 0 Å². The summed E-state index contributed by atoms with van der Waals surface area (Å²) in [6, 6.07) is 0. The Morgan fingerprint density at radius 2 is 2.38 bits per heavy atom. The standard InChI is InChI=1S/C5H12FNO/c1-2-7-4-5(8)3-6/h5,7-8H,2-4H2,1H3. The highest BCUT2D eigenvalue weighted by molar-refractivity contribution is 4.54. The smallest absolute Gasteiger partial charge is 0.117 e. The lowest BCUT2D eigenvalue weighted by Gasteiger charge is -2.03. The fourth-order valence-corrected chi connectivity index (χ4v) is 0.366. The number of hydrogen-bond acceptors (Lipinski definition) is 2. The molecule has 0 aliphatic rings. The number of nitrogens with one attached hydrogen (secondary N) is 1. The third-order valence-corrected chi connectivity index (χ3v) is 0.808. The van der Waals surface area contributed by atoms with Gasteiger partial charge in [-0.15, -0.1) is 0 Å². The van der Waals surface area contributed by atoms with E-state index >= 15 is 0 Å². The van der Waals surface area contributed by atoms with Crippen molar-refractivity contribution in [1.82, 2.24) is 5.32 Å². The summed E-state index contributed by atoms with van der Waals surface area (Å²) in [5.74, 6) is 0. The van der Waals surface area contributed by atoms with Gasteiger partial charge in [0.25, 0.3) is 0 Å². The van der Waals surface area contributed by atoms with Crippen molar-refractivity contribution in [2.45, 2.75) is 13.0 Å². The van der Waals surface area contributed by atoms with E-state index in [0.29, 0.717) is 6.54 Å². The first-order valence-corrected chi connectivity index (χ1v) is 2.76. The molecule has 0 amide bonds. The molecule has 1 unspecified atom stereocenters. The summed E-state index contributed by atoms with van der Waals surface area (Å²) in [6.45, 7) is 2.38. The Bertz CT molecular complexity index is 51.7. The summed E-state index contributed by atoms with van der Waals surface area (Å²) >= 11 is 0. The third-order valence-electron chi connectivity index (χ3n) is 0.808. The van der Waals surface area contributed by atoms with E-state index < -0.39 is 12.8 Å². The molecule has 8 heavy (non-hydrogen) atoms. The summed E-state index contributed by atoms with van der Waals surface area (Å²) in [5, 5.41) is 11.4. The van der Waals surface area contributed by atoms with Gasteiger partial charge >= 0.3 is 0 Å². The Morgan fingerprint density at radius 3 is 2.75 bits per heavy atom. The highest BCUT2D eigenvalue weighted by Gasteiger charge is 1.98. The highest BCUT2D eigenvalue weighted by Crippen LogP contribution is 1.79. The minimum Gasteiger partial charge on any atom is -0.389 e. The molecule has 0 radical (unpaired) electrons. The maximum atomic E-state index is 11.4. The molecule has 0 aromatic rings. The van der Waals surface area contributed by atoms with Gasteiger partial charge in [0.2, 0.25) is 0 Å². The van der Waals surface area contributed by atoms with Crippen molar-refractivity contribution in [2.24, 2.45) is 0 Å². The van der Waals surface area contributed by atoms with E-state index in [0.717, 1.165) is 6.54 Å². The molecule has 0 saturated carbocycles. The van der Waals surface area contributed by atoms with E-state index in [9.17, 15) is 4.39 Å². The van der Waals surface area contributed by atoms with E-state index in [4.69, 9.17) is 5.11 Å². The van der Waals surface area contributed by atoms with Gasteiger partial charge in [0, 0.05) is 6.54 Å². The topological polar surface area (TPSA) is 32.3 Å². The van der Waals surface area contributed by atoms with Crippen LogP contribution in [0.25, 0.3) is 0 Å². The second kappa shape index (κ2) is 5.00. The number of likely N-dealkylation sites (N-methyl/N-ethyl adjacent to an activating group) is 1. The van der Waals surface area contributed by atoms with E-state index in [1.165, 1.54) is 0 Å². The molecule has 0 saturated heterocycles. The average Bonchev–Trinajstić information content (AvgIpc) is 1.83. The first-order chi connectivity index (χ1) is 3.81. The number of rotatable bonds is 4. The van der Waals surface area contributed by atoms with Crippen LogP contribution in [0.4, 0.5) is 4.39 Å². The van der Waals surface area contributed by atoms with Gasteiger partial charge in [-0.1, -0.05) is 6.92 Å². The summed E-state index contributed by atoms with van der Waals surface area (Å²) in [4.78, 5) is 0. The fraction of sp³-hybridized carbons (Fsp3) is 1.00. The van der Waals surface area contributed by atoms with Crippen molar-refractivity contribution in [3.05, 3.63) is 0 Å². The Balaban J connectivity index is 2.86. The quantitative estimate of drug-likeness (QED) is 0.545. The van der Waals surface area contributed by atoms with Crippen molar-refractivity contribution in [3.8, 4) is 0 Å². The first kappa shape index (κ1) is 7.85. The molecule has 50 valence electrons. The molecule has 0 fully saturated rings. The summed E-state index contributed by atoms with van der Waals surface area (Å²) in [5.41, 5.74) is 0. The summed E-state index contributed by atoms with van der Waals surface area (Å²) < 4.78 is 11.4. The van der Waals surface area contributed by atoms with Gasteiger partial charge in [-0.25, -0.2) is 4.39 Å². The molecule has 0 bridgehead atoms. The zero-order valence-electron chi connectivity index (χ0n) is 5.02. The minimum absolute atomic E-state index is 0.354. The first-order valence-electron chi connectivity index (χ1n) is 2.76. The van der Waals surface area contributed by atoms with E-state index in [1.54, 1.807) is 0 Å². The van der Waals surface area contributed by atoms with Crippen LogP contribution in [0.3, 0.4) is 0 Å². The second-order valence-electron chi connectivity index (χ2n) is 1.62. The summed E-state index contributed by atoms with van der Waals surface area (Å²) in [6.07, 6.45) is -0.824. The van der Waals surface area contributed by atoms with Crippen molar-refractivity contribution < 1.29 is 9.50 Å². The molecule has 0 aromatic carbocycles. The van der Waals surface area contributed by atoms with Gasteiger partial charge in [-0.05, 0) is 6.54 Å². The molecular weight excluding hydrogens is 109 g/mol. The highest BCUT2D eigenvalue weighted by atomic mass is 19.1. The van der Waals surface area contributed by atoms with Crippen LogP contribution in [0, 0.1) is 0 Å². The molecule has 3 heteroatoms. The van der Waals surface area contributed by atoms with Crippen LogP contribution in [-0.2, 0) is 0 Å². The summed E-state index contributed by atoms with van der Waals surface area (Å²) in [7, 11) is 0. The molecule has 1 atom stereocenters. The molecule has 2 N–H and O–H groups in total. The zero-order valence-corrected chi connectivity index (χ0v) is 5.02. The Labute approximate surface area is 48.7 Å². The second-order valence-corrected chi connectivity index (χ2v) is 1.62. The molecule has 0 aromatic heterocycles. The van der Waals surface area contributed by atoms with Crippen LogP contribution >= 0.6 is 0 Å². The molecule has 0 aliphatic heterocycles. The molecular formula is C5H12FNO. The van der Waals surface area contributed by atoms with Crippen molar-refractivity contribution in [3.63, 3.8) is 0 Å². The average molecular weight is 121 g/mol.